The molecule has 0 aromatic heterocycles. The number of rotatable bonds is 4. The van der Waals surface area contributed by atoms with Gasteiger partial charge in [0.15, 0.2) is 0 Å². The fourth-order valence-corrected chi connectivity index (χ4v) is 4.65. The van der Waals surface area contributed by atoms with Crippen LogP contribution in [0.15, 0.2) is 49.6 Å². The molecule has 0 saturated heterocycles. The molecule has 4 aliphatic carbocycles. The fourth-order valence-electron chi connectivity index (χ4n) is 4.65. The van der Waals surface area contributed by atoms with E-state index in [2.05, 4.69) is 49.6 Å². The summed E-state index contributed by atoms with van der Waals surface area (Å²) in [5.41, 5.74) is 0. The largest absolute Gasteiger partial charge is 0.103 e. The molecule has 0 aromatic rings. The zero-order chi connectivity index (χ0) is 13.9. The molecule has 6 atom stereocenters. The third kappa shape index (κ3) is 2.85. The summed E-state index contributed by atoms with van der Waals surface area (Å²) in [7, 11) is 0. The van der Waals surface area contributed by atoms with Gasteiger partial charge in [0, 0.05) is 0 Å². The van der Waals surface area contributed by atoms with E-state index in [9.17, 15) is 0 Å². The smallest absolute Gasteiger partial charge is 0.0165 e. The summed E-state index contributed by atoms with van der Waals surface area (Å²) in [5, 5.41) is 0. The third-order valence-electron chi connectivity index (χ3n) is 5.79. The van der Waals surface area contributed by atoms with Crippen LogP contribution in [0.1, 0.15) is 38.5 Å². The first-order valence-electron chi connectivity index (χ1n) is 8.40. The molecule has 0 nitrogen and oxygen atoms in total. The van der Waals surface area contributed by atoms with Crippen molar-refractivity contribution >= 4 is 0 Å². The predicted octanol–water partition coefficient (Wildman–Crippen LogP) is 5.55. The average Bonchev–Trinajstić information content (AvgIpc) is 3.24. The first-order valence-corrected chi connectivity index (χ1v) is 8.40. The van der Waals surface area contributed by atoms with Crippen LogP contribution < -0.4 is 0 Å². The number of allylic oxidation sites excluding steroid dienone is 6. The summed E-state index contributed by atoms with van der Waals surface area (Å²) < 4.78 is 0. The zero-order valence-electron chi connectivity index (χ0n) is 12.6. The molecule has 0 heteroatoms. The van der Waals surface area contributed by atoms with Crippen LogP contribution in [0.2, 0.25) is 0 Å². The Morgan fingerprint density at radius 2 is 1.55 bits per heavy atom. The van der Waals surface area contributed by atoms with Crippen LogP contribution in [0.3, 0.4) is 0 Å². The highest BCUT2D eigenvalue weighted by atomic mass is 14.4. The molecule has 0 amide bonds. The molecule has 108 valence electrons. The van der Waals surface area contributed by atoms with Gasteiger partial charge in [-0.2, -0.15) is 0 Å². The summed E-state index contributed by atoms with van der Waals surface area (Å²) >= 11 is 0. The lowest BCUT2D eigenvalue weighted by molar-refractivity contribution is 0.420. The van der Waals surface area contributed by atoms with Crippen LogP contribution in [-0.4, -0.2) is 0 Å². The van der Waals surface area contributed by atoms with E-state index in [1.807, 2.05) is 0 Å². The monoisotopic (exact) mass is 268 g/mol. The first kappa shape index (κ1) is 13.9. The van der Waals surface area contributed by atoms with Crippen molar-refractivity contribution in [1.82, 2.24) is 0 Å². The van der Waals surface area contributed by atoms with E-state index in [1.165, 1.54) is 38.5 Å². The molecule has 6 unspecified atom stereocenters. The van der Waals surface area contributed by atoms with Gasteiger partial charge < -0.3 is 0 Å². The van der Waals surface area contributed by atoms with E-state index < -0.39 is 0 Å². The van der Waals surface area contributed by atoms with Gasteiger partial charge in [0.1, 0.15) is 0 Å². The molecular formula is C20H28. The van der Waals surface area contributed by atoms with Gasteiger partial charge in [0.2, 0.25) is 0 Å². The Bertz CT molecular complexity index is 414. The standard InChI is InChI=1S/C11H16.C9H12/c1-2-3-4-10-7-9-5-6-11(10)8-9;1-2-8-5-7-3-4-9(8)6-7/h2,5-6,9-11H,1,3-4,7-8H2;2-4,7-9H,1,5-6H2. The Kier molecular flexibility index (Phi) is 4.29. The first-order chi connectivity index (χ1) is 9.80. The van der Waals surface area contributed by atoms with Crippen molar-refractivity contribution in [3.05, 3.63) is 49.6 Å². The van der Waals surface area contributed by atoms with Gasteiger partial charge >= 0.3 is 0 Å². The second-order valence-electron chi connectivity index (χ2n) is 7.09. The van der Waals surface area contributed by atoms with Gasteiger partial charge in [0.25, 0.3) is 0 Å². The highest BCUT2D eigenvalue weighted by Crippen LogP contribution is 2.45. The fraction of sp³-hybridized carbons (Fsp3) is 0.600. The van der Waals surface area contributed by atoms with Crippen molar-refractivity contribution in [1.29, 1.82) is 0 Å². The second kappa shape index (κ2) is 6.16. The molecule has 4 aliphatic rings. The molecule has 2 fully saturated rings. The van der Waals surface area contributed by atoms with Gasteiger partial charge in [-0.25, -0.2) is 0 Å². The van der Waals surface area contributed by atoms with E-state index in [4.69, 9.17) is 0 Å². The Morgan fingerprint density at radius 3 is 1.95 bits per heavy atom. The lowest BCUT2D eigenvalue weighted by Crippen LogP contribution is -2.05. The Balaban J connectivity index is 0.000000123. The van der Waals surface area contributed by atoms with Crippen LogP contribution in [0, 0.1) is 35.5 Å². The maximum atomic E-state index is 3.83. The van der Waals surface area contributed by atoms with Crippen molar-refractivity contribution in [2.75, 3.05) is 0 Å². The second-order valence-corrected chi connectivity index (χ2v) is 7.09. The van der Waals surface area contributed by atoms with E-state index in [1.54, 1.807) is 0 Å². The summed E-state index contributed by atoms with van der Waals surface area (Å²) in [5.74, 6) is 5.42. The van der Waals surface area contributed by atoms with Gasteiger partial charge in [-0.15, -0.1) is 13.2 Å². The molecule has 4 rings (SSSR count). The van der Waals surface area contributed by atoms with Gasteiger partial charge in [-0.05, 0) is 74.0 Å². The number of hydrogen-bond acceptors (Lipinski definition) is 0. The number of fused-ring (bicyclic) bond motifs is 4. The molecular weight excluding hydrogens is 240 g/mol. The van der Waals surface area contributed by atoms with Crippen molar-refractivity contribution < 1.29 is 0 Å². The molecule has 0 aromatic carbocycles. The van der Waals surface area contributed by atoms with E-state index in [0.29, 0.717) is 0 Å². The maximum absolute atomic E-state index is 3.83. The molecule has 0 spiro atoms. The molecule has 0 N–H and O–H groups in total. The van der Waals surface area contributed by atoms with Crippen LogP contribution in [0.25, 0.3) is 0 Å². The maximum Gasteiger partial charge on any atom is -0.0165 e. The minimum absolute atomic E-state index is 0.806. The lowest BCUT2D eigenvalue weighted by Gasteiger charge is -2.16. The Labute approximate surface area is 124 Å². The summed E-state index contributed by atoms with van der Waals surface area (Å²) in [6.07, 6.45) is 22.0. The molecule has 0 aliphatic heterocycles. The summed E-state index contributed by atoms with van der Waals surface area (Å²) in [6, 6.07) is 0. The lowest BCUT2D eigenvalue weighted by atomic mass is 9.89. The molecule has 20 heavy (non-hydrogen) atoms. The number of hydrogen-bond donors (Lipinski definition) is 0. The van der Waals surface area contributed by atoms with Gasteiger partial charge in [-0.1, -0.05) is 36.5 Å². The van der Waals surface area contributed by atoms with Gasteiger partial charge in [0.05, 0.1) is 0 Å². The van der Waals surface area contributed by atoms with E-state index in [0.717, 1.165) is 35.5 Å². The predicted molar refractivity (Wildman–Crippen MR) is 87.3 cm³/mol. The average molecular weight is 268 g/mol. The Hall–Kier alpha value is -1.04. The molecule has 0 heterocycles. The molecule has 2 saturated carbocycles. The van der Waals surface area contributed by atoms with Crippen LogP contribution >= 0.6 is 0 Å². The third-order valence-corrected chi connectivity index (χ3v) is 5.79. The Morgan fingerprint density at radius 1 is 0.850 bits per heavy atom. The minimum atomic E-state index is 0.806. The van der Waals surface area contributed by atoms with Crippen LogP contribution in [0.5, 0.6) is 0 Å². The van der Waals surface area contributed by atoms with Gasteiger partial charge in [-0.3, -0.25) is 0 Å². The molecule has 0 radical (unpaired) electrons. The van der Waals surface area contributed by atoms with Crippen molar-refractivity contribution in [3.8, 4) is 0 Å². The quantitative estimate of drug-likeness (QED) is 0.586. The van der Waals surface area contributed by atoms with E-state index >= 15 is 0 Å². The highest BCUT2D eigenvalue weighted by molar-refractivity contribution is 5.13. The summed E-state index contributed by atoms with van der Waals surface area (Å²) in [4.78, 5) is 0. The SMILES string of the molecule is C=CC1CC2C=CC1C2.C=CCCC1CC2C=CC1C2. The zero-order valence-corrected chi connectivity index (χ0v) is 12.6. The normalized spacial score (nSPS) is 42.6. The topological polar surface area (TPSA) is 0 Å². The van der Waals surface area contributed by atoms with E-state index in [-0.39, 0.29) is 0 Å². The van der Waals surface area contributed by atoms with Crippen LogP contribution in [-0.2, 0) is 0 Å². The highest BCUT2D eigenvalue weighted by Gasteiger charge is 2.34. The minimum Gasteiger partial charge on any atom is -0.103 e. The molecule has 4 bridgehead atoms. The van der Waals surface area contributed by atoms with Crippen molar-refractivity contribution in [3.63, 3.8) is 0 Å². The van der Waals surface area contributed by atoms with Crippen LogP contribution in [0.4, 0.5) is 0 Å². The van der Waals surface area contributed by atoms with Crippen molar-refractivity contribution in [2.24, 2.45) is 35.5 Å². The summed E-state index contributed by atoms with van der Waals surface area (Å²) in [6.45, 7) is 7.59. The van der Waals surface area contributed by atoms with Crippen molar-refractivity contribution in [2.45, 2.75) is 38.5 Å².